The smallest absolute Gasteiger partial charge is 0.278 e. The van der Waals surface area contributed by atoms with Gasteiger partial charge in [0.05, 0.1) is 23.6 Å². The van der Waals surface area contributed by atoms with Gasteiger partial charge >= 0.3 is 0 Å². The number of benzene rings is 2. The average molecular weight is 454 g/mol. The number of non-ortho nitro benzene ring substituents is 1. The molecule has 0 bridgehead atoms. The summed E-state index contributed by atoms with van der Waals surface area (Å²) in [7, 11) is 0. The van der Waals surface area contributed by atoms with Gasteiger partial charge in [-0.05, 0) is 23.8 Å². The normalized spacial score (nSPS) is 17.3. The SMILES string of the molecule is O=C1C(c2ccc([N+](=O)[O-])cc2)=C(N2CCN(CCO)CC2)C(=O)N1Cc1ccccc1F. The number of nitro groups is 1. The van der Waals surface area contributed by atoms with E-state index in [1.54, 1.807) is 6.07 Å². The standard InChI is InChI=1S/C23H23FN4O5/c24-19-4-2-1-3-17(19)15-27-22(30)20(16-5-7-18(8-6-16)28(32)33)21(23(27)31)26-11-9-25(10-12-26)13-14-29/h1-8,29H,9-15H2. The highest BCUT2D eigenvalue weighted by Gasteiger charge is 2.42. The number of rotatable bonds is 7. The minimum Gasteiger partial charge on any atom is -0.395 e. The summed E-state index contributed by atoms with van der Waals surface area (Å²) in [5.41, 5.74) is 0.855. The number of hydrogen-bond acceptors (Lipinski definition) is 7. The molecule has 9 nitrogen and oxygen atoms in total. The van der Waals surface area contributed by atoms with E-state index in [0.717, 1.165) is 4.90 Å². The third kappa shape index (κ3) is 4.48. The van der Waals surface area contributed by atoms with Crippen molar-refractivity contribution in [2.75, 3.05) is 39.3 Å². The number of hydrogen-bond donors (Lipinski definition) is 1. The molecule has 2 heterocycles. The van der Waals surface area contributed by atoms with Crippen LogP contribution in [0.2, 0.25) is 0 Å². The van der Waals surface area contributed by atoms with Gasteiger partial charge in [-0.3, -0.25) is 29.5 Å². The Morgan fingerprint density at radius 1 is 0.970 bits per heavy atom. The number of aliphatic hydroxyl groups excluding tert-OH is 1. The van der Waals surface area contributed by atoms with Gasteiger partial charge < -0.3 is 10.0 Å². The highest BCUT2D eigenvalue weighted by Crippen LogP contribution is 2.34. The number of β-amino-alcohol motifs (C(OH)–C–C–N with tert-alkyl or cyclic N) is 1. The largest absolute Gasteiger partial charge is 0.395 e. The summed E-state index contributed by atoms with van der Waals surface area (Å²) in [5.74, 6) is -1.60. The van der Waals surface area contributed by atoms with Crippen molar-refractivity contribution in [2.24, 2.45) is 0 Å². The van der Waals surface area contributed by atoms with Crippen LogP contribution in [0.3, 0.4) is 0 Å². The van der Waals surface area contributed by atoms with Crippen molar-refractivity contribution in [1.82, 2.24) is 14.7 Å². The molecule has 4 rings (SSSR count). The lowest BCUT2D eigenvalue weighted by atomic mass is 10.0. The maximum absolute atomic E-state index is 14.2. The first-order valence-corrected chi connectivity index (χ1v) is 10.6. The van der Waals surface area contributed by atoms with Crippen molar-refractivity contribution in [3.8, 4) is 0 Å². The third-order valence-electron chi connectivity index (χ3n) is 5.90. The van der Waals surface area contributed by atoms with Crippen LogP contribution in [0.1, 0.15) is 11.1 Å². The van der Waals surface area contributed by atoms with Crippen LogP contribution in [0.25, 0.3) is 5.57 Å². The second-order valence-corrected chi connectivity index (χ2v) is 7.87. The van der Waals surface area contributed by atoms with Crippen LogP contribution >= 0.6 is 0 Å². The zero-order valence-corrected chi connectivity index (χ0v) is 17.8. The van der Waals surface area contributed by atoms with Crippen molar-refractivity contribution >= 4 is 23.1 Å². The minimum atomic E-state index is -0.565. The highest BCUT2D eigenvalue weighted by atomic mass is 19.1. The first-order chi connectivity index (χ1) is 15.9. The Balaban J connectivity index is 1.69. The molecule has 0 saturated carbocycles. The molecule has 2 aliphatic heterocycles. The molecule has 0 radical (unpaired) electrons. The number of carbonyl (C=O) groups is 2. The van der Waals surface area contributed by atoms with Crippen LogP contribution in [-0.4, -0.2) is 75.9 Å². The summed E-state index contributed by atoms with van der Waals surface area (Å²) in [6.45, 7) is 2.49. The zero-order chi connectivity index (χ0) is 23.5. The van der Waals surface area contributed by atoms with Gasteiger partial charge in [0.15, 0.2) is 0 Å². The fourth-order valence-electron chi connectivity index (χ4n) is 4.14. The first kappa shape index (κ1) is 22.6. The van der Waals surface area contributed by atoms with Crippen LogP contribution in [0, 0.1) is 15.9 Å². The molecule has 1 fully saturated rings. The van der Waals surface area contributed by atoms with E-state index < -0.39 is 22.6 Å². The molecular weight excluding hydrogens is 431 g/mol. The van der Waals surface area contributed by atoms with Crippen LogP contribution in [0.4, 0.5) is 10.1 Å². The van der Waals surface area contributed by atoms with Gasteiger partial charge in [0, 0.05) is 50.4 Å². The summed E-state index contributed by atoms with van der Waals surface area (Å²) >= 11 is 0. The van der Waals surface area contributed by atoms with Crippen molar-refractivity contribution in [3.05, 3.63) is 81.3 Å². The predicted octanol–water partition coefficient (Wildman–Crippen LogP) is 1.62. The number of halogens is 1. The van der Waals surface area contributed by atoms with Crippen molar-refractivity contribution in [1.29, 1.82) is 0 Å². The van der Waals surface area contributed by atoms with Gasteiger partial charge in [-0.2, -0.15) is 0 Å². The molecule has 172 valence electrons. The van der Waals surface area contributed by atoms with Crippen molar-refractivity contribution < 1.29 is 24.0 Å². The maximum Gasteiger partial charge on any atom is 0.278 e. The molecule has 1 saturated heterocycles. The summed E-state index contributed by atoms with van der Waals surface area (Å²) < 4.78 is 14.2. The summed E-state index contributed by atoms with van der Waals surface area (Å²) in [4.78, 5) is 42.2. The summed E-state index contributed by atoms with van der Waals surface area (Å²) in [5, 5.41) is 20.2. The Morgan fingerprint density at radius 2 is 1.64 bits per heavy atom. The Labute approximate surface area is 189 Å². The highest BCUT2D eigenvalue weighted by molar-refractivity contribution is 6.35. The molecule has 0 unspecified atom stereocenters. The Hall–Kier alpha value is -3.63. The lowest BCUT2D eigenvalue weighted by Crippen LogP contribution is -2.48. The van der Waals surface area contributed by atoms with Crippen LogP contribution in [0.15, 0.2) is 54.2 Å². The van der Waals surface area contributed by atoms with E-state index in [9.17, 15) is 29.2 Å². The number of amides is 2. The maximum atomic E-state index is 14.2. The van der Waals surface area contributed by atoms with Crippen LogP contribution < -0.4 is 0 Å². The van der Waals surface area contributed by atoms with Gasteiger partial charge in [0.2, 0.25) is 0 Å². The van der Waals surface area contributed by atoms with Gasteiger partial charge in [-0.15, -0.1) is 0 Å². The minimum absolute atomic E-state index is 0.0323. The van der Waals surface area contributed by atoms with E-state index >= 15 is 0 Å². The van der Waals surface area contributed by atoms with Crippen LogP contribution in [0.5, 0.6) is 0 Å². The van der Waals surface area contributed by atoms with E-state index in [0.29, 0.717) is 38.3 Å². The molecular formula is C23H23FN4O5. The molecule has 2 amide bonds. The lowest BCUT2D eigenvalue weighted by molar-refractivity contribution is -0.384. The van der Waals surface area contributed by atoms with Gasteiger partial charge in [0.1, 0.15) is 11.5 Å². The number of nitro benzene ring substituents is 1. The van der Waals surface area contributed by atoms with Crippen LogP contribution in [-0.2, 0) is 16.1 Å². The molecule has 2 aliphatic rings. The molecule has 10 heteroatoms. The summed E-state index contributed by atoms with van der Waals surface area (Å²) in [6, 6.07) is 11.4. The Morgan fingerprint density at radius 3 is 2.24 bits per heavy atom. The Bertz CT molecular complexity index is 1110. The monoisotopic (exact) mass is 454 g/mol. The van der Waals surface area contributed by atoms with E-state index in [4.69, 9.17) is 0 Å². The molecule has 33 heavy (non-hydrogen) atoms. The summed E-state index contributed by atoms with van der Waals surface area (Å²) in [6.07, 6.45) is 0. The first-order valence-electron chi connectivity index (χ1n) is 10.6. The molecule has 0 aromatic heterocycles. The fraction of sp³-hybridized carbons (Fsp3) is 0.304. The molecule has 2 aromatic carbocycles. The Kier molecular flexibility index (Phi) is 6.47. The van der Waals surface area contributed by atoms with Gasteiger partial charge in [-0.1, -0.05) is 18.2 Å². The van der Waals surface area contributed by atoms with E-state index in [2.05, 4.69) is 4.90 Å². The molecule has 0 atom stereocenters. The topological polar surface area (TPSA) is 107 Å². The second-order valence-electron chi connectivity index (χ2n) is 7.87. The van der Waals surface area contributed by atoms with E-state index in [1.165, 1.54) is 42.5 Å². The number of imide groups is 1. The number of carbonyl (C=O) groups excluding carboxylic acids is 2. The van der Waals surface area contributed by atoms with Crippen molar-refractivity contribution in [2.45, 2.75) is 6.54 Å². The number of piperazine rings is 1. The van der Waals surface area contributed by atoms with E-state index in [1.807, 2.05) is 4.90 Å². The van der Waals surface area contributed by atoms with Gasteiger partial charge in [0.25, 0.3) is 17.5 Å². The zero-order valence-electron chi connectivity index (χ0n) is 17.8. The quantitative estimate of drug-likeness (QED) is 0.385. The fourth-order valence-corrected chi connectivity index (χ4v) is 4.14. The molecule has 1 N–H and O–H groups in total. The predicted molar refractivity (Wildman–Crippen MR) is 117 cm³/mol. The number of nitrogens with zero attached hydrogens (tertiary/aromatic N) is 4. The lowest BCUT2D eigenvalue weighted by Gasteiger charge is -2.36. The van der Waals surface area contributed by atoms with Crippen molar-refractivity contribution in [3.63, 3.8) is 0 Å². The number of aliphatic hydroxyl groups is 1. The molecule has 0 spiro atoms. The van der Waals surface area contributed by atoms with E-state index in [-0.39, 0.29) is 35.7 Å². The molecule has 2 aromatic rings. The van der Waals surface area contributed by atoms with Gasteiger partial charge in [-0.25, -0.2) is 4.39 Å². The second kappa shape index (κ2) is 9.47. The average Bonchev–Trinajstić information content (AvgIpc) is 3.06. The third-order valence-corrected chi connectivity index (χ3v) is 5.90. The molecule has 0 aliphatic carbocycles.